The molecule has 5 atom stereocenters. The van der Waals surface area contributed by atoms with Crippen LogP contribution in [-0.4, -0.2) is 73.9 Å². The Kier molecular flexibility index (Phi) is 12.4. The van der Waals surface area contributed by atoms with Crippen molar-refractivity contribution in [3.63, 3.8) is 0 Å². The van der Waals surface area contributed by atoms with Gasteiger partial charge in [0.15, 0.2) is 6.04 Å². The summed E-state index contributed by atoms with van der Waals surface area (Å²) in [6.45, 7) is 5.02. The SMILES string of the molecule is COc1ccc(CN(Cc2ccc(OC)cc2)S(=O)(=O)[C@H](C)[C@@H](C)C/C=C(\F)C(C(=O)O)N2CCC[C@]23c2cc(Cl)cc4c2[C@]2(CCC4)COc4ccc(I)cc4N3C2)cc1. The van der Waals surface area contributed by atoms with Crippen molar-refractivity contribution in [1.29, 1.82) is 0 Å². The number of nitrogens with zero attached hydrogens (tertiary/aromatic N) is 3. The van der Waals surface area contributed by atoms with Crippen LogP contribution in [0.15, 0.2) is 90.8 Å². The number of carboxylic acids is 1. The highest BCUT2D eigenvalue weighted by atomic mass is 127. The van der Waals surface area contributed by atoms with Gasteiger partial charge in [0, 0.05) is 40.2 Å². The first-order chi connectivity index (χ1) is 29.2. The Morgan fingerprint density at radius 1 is 0.984 bits per heavy atom. The van der Waals surface area contributed by atoms with Gasteiger partial charge in [-0.2, -0.15) is 4.31 Å². The first-order valence-electron chi connectivity index (χ1n) is 20.8. The Labute approximate surface area is 376 Å². The predicted octanol–water partition coefficient (Wildman–Crippen LogP) is 9.45. The van der Waals surface area contributed by atoms with Crippen LogP contribution in [0.3, 0.4) is 0 Å². The van der Waals surface area contributed by atoms with E-state index in [0.717, 1.165) is 62.1 Å². The number of carboxylic acid groups (broad SMARTS) is 1. The maximum atomic E-state index is 17.1. The Bertz CT molecular complexity index is 2390. The third kappa shape index (κ3) is 8.02. The number of allylic oxidation sites excluding steroid dienone is 1. The number of rotatable bonds is 14. The fourth-order valence-electron chi connectivity index (χ4n) is 10.2. The summed E-state index contributed by atoms with van der Waals surface area (Å²) in [5, 5.41) is 10.6. The molecule has 0 saturated carbocycles. The summed E-state index contributed by atoms with van der Waals surface area (Å²) in [5.41, 5.74) is 4.24. The van der Waals surface area contributed by atoms with E-state index >= 15 is 4.39 Å². The number of hydrogen-bond donors (Lipinski definition) is 1. The van der Waals surface area contributed by atoms with Crippen molar-refractivity contribution >= 4 is 55.9 Å². The highest BCUT2D eigenvalue weighted by Gasteiger charge is 2.61. The fraction of sp³-hybridized carbons (Fsp3) is 0.426. The smallest absolute Gasteiger partial charge is 0.328 e. The molecule has 4 aromatic rings. The van der Waals surface area contributed by atoms with Crippen LogP contribution < -0.4 is 19.1 Å². The summed E-state index contributed by atoms with van der Waals surface area (Å²) in [4.78, 5) is 17.6. The van der Waals surface area contributed by atoms with Crippen LogP contribution in [0.4, 0.5) is 10.1 Å². The zero-order valence-corrected chi connectivity index (χ0v) is 38.6. The van der Waals surface area contributed by atoms with Crippen LogP contribution in [0.5, 0.6) is 17.2 Å². The number of carbonyl (C=O) groups is 1. The Balaban J connectivity index is 1.12. The summed E-state index contributed by atoms with van der Waals surface area (Å²) in [7, 11) is -0.829. The van der Waals surface area contributed by atoms with Gasteiger partial charge in [-0.15, -0.1) is 0 Å². The molecule has 1 aliphatic carbocycles. The molecule has 3 heterocycles. The predicted molar refractivity (Wildman–Crippen MR) is 244 cm³/mol. The van der Waals surface area contributed by atoms with E-state index in [1.807, 2.05) is 53.4 Å². The van der Waals surface area contributed by atoms with Gasteiger partial charge in [0.2, 0.25) is 10.0 Å². The van der Waals surface area contributed by atoms with Crippen LogP contribution in [0, 0.1) is 9.49 Å². The third-order valence-corrected chi connectivity index (χ3v) is 16.7. The summed E-state index contributed by atoms with van der Waals surface area (Å²) >= 11 is 9.21. The van der Waals surface area contributed by atoms with E-state index in [0.29, 0.717) is 49.1 Å². The van der Waals surface area contributed by atoms with Crippen LogP contribution in [0.1, 0.15) is 73.8 Å². The van der Waals surface area contributed by atoms with E-state index in [1.165, 1.54) is 10.4 Å². The van der Waals surface area contributed by atoms with Gasteiger partial charge >= 0.3 is 5.97 Å². The Morgan fingerprint density at radius 3 is 2.26 bits per heavy atom. The van der Waals surface area contributed by atoms with Crippen molar-refractivity contribution < 1.29 is 36.9 Å². The minimum Gasteiger partial charge on any atom is -0.497 e. The molecule has 0 radical (unpaired) electrons. The van der Waals surface area contributed by atoms with E-state index in [4.69, 9.17) is 25.8 Å². The molecule has 4 aromatic carbocycles. The molecule has 3 aliphatic heterocycles. The third-order valence-electron chi connectivity index (χ3n) is 13.4. The molecule has 14 heteroatoms. The second-order valence-corrected chi connectivity index (χ2v) is 21.0. The number of anilines is 1. The van der Waals surface area contributed by atoms with Gasteiger partial charge in [0.1, 0.15) is 28.7 Å². The van der Waals surface area contributed by atoms with Gasteiger partial charge in [-0.05, 0) is 156 Å². The molecule has 1 N–H and O–H groups in total. The molecule has 10 nitrogen and oxygen atoms in total. The Morgan fingerprint density at radius 2 is 1.64 bits per heavy atom. The van der Waals surface area contributed by atoms with Gasteiger partial charge in [-0.25, -0.2) is 12.8 Å². The number of aryl methyl sites for hydroxylation is 1. The van der Waals surface area contributed by atoms with Crippen LogP contribution in [-0.2, 0) is 45.4 Å². The lowest BCUT2D eigenvalue weighted by Crippen LogP contribution is -2.66. The minimum absolute atomic E-state index is 0.00399. The van der Waals surface area contributed by atoms with Crippen LogP contribution in [0.2, 0.25) is 5.02 Å². The Hall–Kier alpha value is -3.89. The summed E-state index contributed by atoms with van der Waals surface area (Å²) < 4.78 is 65.9. The largest absolute Gasteiger partial charge is 0.497 e. The maximum absolute atomic E-state index is 17.1. The highest BCUT2D eigenvalue weighted by molar-refractivity contribution is 14.1. The molecule has 324 valence electrons. The minimum atomic E-state index is -3.98. The van der Waals surface area contributed by atoms with Crippen molar-refractivity contribution in [3.8, 4) is 17.2 Å². The van der Waals surface area contributed by atoms with Gasteiger partial charge in [-0.3, -0.25) is 9.69 Å². The molecule has 4 aliphatic rings. The van der Waals surface area contributed by atoms with E-state index in [2.05, 4.69) is 33.6 Å². The van der Waals surface area contributed by atoms with Crippen molar-refractivity contribution in [3.05, 3.63) is 127 Å². The number of aliphatic carboxylic acids is 1. The number of halogens is 3. The summed E-state index contributed by atoms with van der Waals surface area (Å²) in [6, 6.07) is 22.9. The quantitative estimate of drug-likeness (QED) is 0.124. The molecule has 8 rings (SSSR count). The first kappa shape index (κ1) is 43.7. The molecule has 1 unspecified atom stereocenters. The summed E-state index contributed by atoms with van der Waals surface area (Å²) in [5.74, 6) is -0.664. The molecule has 2 bridgehead atoms. The van der Waals surface area contributed by atoms with E-state index in [-0.39, 0.29) is 24.9 Å². The normalized spacial score (nSPS) is 22.5. The average Bonchev–Trinajstić information content (AvgIpc) is 3.61. The van der Waals surface area contributed by atoms with Gasteiger partial charge in [0.25, 0.3) is 0 Å². The standard InChI is InChI=1S/C47H52ClFIN3O7S/c1-30(31(2)61(56,57)51(26-32-9-14-37(58-3)15-10-32)27-33-11-16-38(59-4)17-12-33)8-18-40(49)44(45(54)55)52-22-6-21-47(52)39-24-35(48)23-34-7-5-20-46(43(34)39)28-53(47)41-25-36(50)13-19-42(41)60-29-46/h9-19,23-25,30-31,44H,5-8,20-22,26-29H2,1-4H3,(H,54,55)/b40-18-/t30-,31+,44?,46-,47-/m0/s1. The molecule has 1 saturated heterocycles. The molecule has 2 spiro atoms. The van der Waals surface area contributed by atoms with Gasteiger partial charge < -0.3 is 24.2 Å². The molecular formula is C47H52ClFIN3O7S. The van der Waals surface area contributed by atoms with Gasteiger partial charge in [-0.1, -0.05) is 48.9 Å². The fourth-order valence-corrected chi connectivity index (χ4v) is 12.7. The maximum Gasteiger partial charge on any atom is 0.328 e. The average molecular weight is 984 g/mol. The lowest BCUT2D eigenvalue weighted by Gasteiger charge is -2.58. The molecule has 0 amide bonds. The first-order valence-corrected chi connectivity index (χ1v) is 23.8. The monoisotopic (exact) mass is 983 g/mol. The van der Waals surface area contributed by atoms with E-state index < -0.39 is 44.7 Å². The number of hydrogen-bond acceptors (Lipinski definition) is 8. The van der Waals surface area contributed by atoms with Crippen molar-refractivity contribution in [2.75, 3.05) is 38.8 Å². The van der Waals surface area contributed by atoms with E-state index in [9.17, 15) is 18.3 Å². The topological polar surface area (TPSA) is 109 Å². The zero-order chi connectivity index (χ0) is 43.3. The lowest BCUT2D eigenvalue weighted by molar-refractivity contribution is -0.144. The second-order valence-electron chi connectivity index (χ2n) is 17.0. The van der Waals surface area contributed by atoms with Crippen LogP contribution >= 0.6 is 34.2 Å². The highest BCUT2D eigenvalue weighted by Crippen LogP contribution is 2.59. The lowest BCUT2D eigenvalue weighted by atomic mass is 9.63. The summed E-state index contributed by atoms with van der Waals surface area (Å²) in [6.07, 6.45) is 5.20. The number of fused-ring (bicyclic) bond motifs is 5. The zero-order valence-electron chi connectivity index (χ0n) is 34.9. The molecule has 0 aromatic heterocycles. The number of likely N-dealkylation sites (tertiary alicyclic amines) is 1. The molecule has 61 heavy (non-hydrogen) atoms. The molecular weight excluding hydrogens is 932 g/mol. The number of sulfonamides is 1. The van der Waals surface area contributed by atoms with E-state index in [1.54, 1.807) is 52.3 Å². The number of ether oxygens (including phenoxy) is 3. The molecule has 1 fully saturated rings. The van der Waals surface area contributed by atoms with Crippen molar-refractivity contribution in [1.82, 2.24) is 9.21 Å². The van der Waals surface area contributed by atoms with Gasteiger partial charge in [0.05, 0.1) is 31.8 Å². The number of methoxy groups -OCH3 is 2. The van der Waals surface area contributed by atoms with Crippen molar-refractivity contribution in [2.45, 2.75) is 87.8 Å². The van der Waals surface area contributed by atoms with Crippen LogP contribution in [0.25, 0.3) is 0 Å². The number of benzene rings is 4. The van der Waals surface area contributed by atoms with Crippen molar-refractivity contribution in [2.24, 2.45) is 5.92 Å². The second kappa shape index (κ2) is 17.3.